The molecule has 0 atom stereocenters. The number of nitrogens with zero attached hydrogens (tertiary/aromatic N) is 2. The van der Waals surface area contributed by atoms with Gasteiger partial charge < -0.3 is 16.1 Å². The Kier molecular flexibility index (Phi) is 11.5. The van der Waals surface area contributed by atoms with Gasteiger partial charge >= 0.3 is 0 Å². The molecule has 1 heterocycles. The molecule has 1 saturated heterocycles. The van der Waals surface area contributed by atoms with Gasteiger partial charge in [0.15, 0.2) is 5.78 Å². The highest BCUT2D eigenvalue weighted by atomic mass is 16.2. The third kappa shape index (κ3) is 7.01. The molecule has 1 radical (unpaired) electrons. The highest BCUT2D eigenvalue weighted by Gasteiger charge is 2.47. The molecule has 2 aliphatic carbocycles. The Labute approximate surface area is 243 Å². The number of hydrogen-bond acceptors (Lipinski definition) is 5. The zero-order valence-corrected chi connectivity index (χ0v) is 25.4. The van der Waals surface area contributed by atoms with E-state index in [4.69, 9.17) is 5.73 Å². The first-order chi connectivity index (χ1) is 19.3. The van der Waals surface area contributed by atoms with Gasteiger partial charge in [0.2, 0.25) is 5.91 Å². The number of hydrazone groups is 1. The molecule has 3 aliphatic rings. The molecule has 0 aromatic heterocycles. The number of likely N-dealkylation sites (tertiary alicyclic amines) is 1. The van der Waals surface area contributed by atoms with Gasteiger partial charge in [-0.2, -0.15) is 5.10 Å². The van der Waals surface area contributed by atoms with Crippen molar-refractivity contribution in [3.8, 4) is 0 Å². The van der Waals surface area contributed by atoms with Gasteiger partial charge in [0.05, 0.1) is 11.1 Å². The largest absolute Gasteiger partial charge is 0.326 e. The number of allylic oxidation sites excluding steroid dienone is 5. The topological polar surface area (TPSA) is 87.8 Å². The zero-order chi connectivity index (χ0) is 29.3. The van der Waals surface area contributed by atoms with Crippen molar-refractivity contribution >= 4 is 17.4 Å². The number of nitrogens with one attached hydrogen (secondary N) is 1. The van der Waals surface area contributed by atoms with Crippen LogP contribution in [0.25, 0.3) is 0 Å². The van der Waals surface area contributed by atoms with E-state index >= 15 is 0 Å². The molecule has 4 rings (SSSR count). The van der Waals surface area contributed by atoms with Gasteiger partial charge in [-0.05, 0) is 69.6 Å². The molecule has 0 unspecified atom stereocenters. The number of ketones is 1. The van der Waals surface area contributed by atoms with E-state index in [9.17, 15) is 9.59 Å². The second-order valence-electron chi connectivity index (χ2n) is 11.1. The van der Waals surface area contributed by atoms with E-state index in [0.717, 1.165) is 74.2 Å². The van der Waals surface area contributed by atoms with E-state index in [1.807, 2.05) is 44.2 Å². The summed E-state index contributed by atoms with van der Waals surface area (Å²) in [6.45, 7) is 16.3. The molecule has 6 nitrogen and oxygen atoms in total. The van der Waals surface area contributed by atoms with Crippen LogP contribution in [-0.4, -0.2) is 35.4 Å². The van der Waals surface area contributed by atoms with Crippen molar-refractivity contribution in [2.45, 2.75) is 99.0 Å². The maximum absolute atomic E-state index is 13.0. The summed E-state index contributed by atoms with van der Waals surface area (Å²) in [6.07, 6.45) is 14.7. The minimum absolute atomic E-state index is 0. The van der Waals surface area contributed by atoms with Crippen LogP contribution in [0.5, 0.6) is 0 Å². The molecular formula is C34H51N4O2. The molecule has 40 heavy (non-hydrogen) atoms. The van der Waals surface area contributed by atoms with Crippen molar-refractivity contribution in [2.75, 3.05) is 13.1 Å². The number of amides is 1. The number of nitrogens with two attached hydrogens (primary N) is 1. The summed E-state index contributed by atoms with van der Waals surface area (Å²) in [6, 6.07) is 4.24. The molecule has 3 N–H and O–H groups in total. The minimum Gasteiger partial charge on any atom is -0.326 e. The summed E-state index contributed by atoms with van der Waals surface area (Å²) in [4.78, 5) is 27.1. The third-order valence-electron chi connectivity index (χ3n) is 8.66. The predicted molar refractivity (Wildman–Crippen MR) is 168 cm³/mol. The molecule has 2 fully saturated rings. The Balaban J connectivity index is 0.000000282. The van der Waals surface area contributed by atoms with E-state index in [0.29, 0.717) is 6.54 Å². The summed E-state index contributed by atoms with van der Waals surface area (Å²) >= 11 is 0. The van der Waals surface area contributed by atoms with Crippen molar-refractivity contribution in [2.24, 2.45) is 16.3 Å². The number of hydrogen-bond donors (Lipinski definition) is 2. The van der Waals surface area contributed by atoms with Crippen molar-refractivity contribution in [1.82, 2.24) is 10.3 Å². The molecule has 219 valence electrons. The summed E-state index contributed by atoms with van der Waals surface area (Å²) < 4.78 is 0. The molecule has 0 bridgehead atoms. The van der Waals surface area contributed by atoms with Gasteiger partial charge in [0.25, 0.3) is 0 Å². The van der Waals surface area contributed by atoms with Crippen LogP contribution in [0.1, 0.15) is 103 Å². The third-order valence-corrected chi connectivity index (χ3v) is 8.66. The van der Waals surface area contributed by atoms with Crippen LogP contribution < -0.4 is 11.2 Å². The number of rotatable bonds is 11. The minimum atomic E-state index is -0.118. The van der Waals surface area contributed by atoms with Crippen LogP contribution in [0, 0.1) is 18.8 Å². The summed E-state index contributed by atoms with van der Waals surface area (Å²) in [5.74, 6) is 0.365. The van der Waals surface area contributed by atoms with Gasteiger partial charge in [-0.25, -0.2) is 0 Å². The molecule has 1 amide bonds. The van der Waals surface area contributed by atoms with Crippen molar-refractivity contribution in [3.63, 3.8) is 0 Å². The Morgan fingerprint density at radius 2 is 1.90 bits per heavy atom. The number of benzene rings is 1. The summed E-state index contributed by atoms with van der Waals surface area (Å²) in [7, 11) is 0. The molecular weight excluding hydrogens is 496 g/mol. The lowest BCUT2D eigenvalue weighted by Crippen LogP contribution is -2.36. The van der Waals surface area contributed by atoms with Crippen LogP contribution in [0.4, 0.5) is 0 Å². The molecule has 1 saturated carbocycles. The van der Waals surface area contributed by atoms with Crippen molar-refractivity contribution < 1.29 is 11.0 Å². The quantitative estimate of drug-likeness (QED) is 0.139. The maximum Gasteiger partial charge on any atom is 0.233 e. The summed E-state index contributed by atoms with van der Waals surface area (Å²) in [5, 5.41) is 4.47. The monoisotopic (exact) mass is 547 g/mol. The lowest BCUT2D eigenvalue weighted by atomic mass is 9.73. The fourth-order valence-electron chi connectivity index (χ4n) is 6.25. The highest BCUT2D eigenvalue weighted by molar-refractivity contribution is 6.13. The second-order valence-corrected chi connectivity index (χ2v) is 11.1. The standard InChI is InChI=1S/C18H24NO2.C16H25N3.H2/c1-3-15(13(2)16(20)14-7-8-14)19-12-11-18(17(19)21)9-5-4-6-10-18;1-5-8-16(19-18-7-3)15-10-9-13(11-17)12(4)14(15)6-2;/h7-8H,3-6,9-12H2,1-2H3;5,9-10,18H,1,6-8,11,17H2,2-4H3;1H/b15-13+;19-16+;. The highest BCUT2D eigenvalue weighted by Crippen LogP contribution is 2.46. The lowest BCUT2D eigenvalue weighted by molar-refractivity contribution is -0.136. The first-order valence-electron chi connectivity index (χ1n) is 15.1. The van der Waals surface area contributed by atoms with Crippen LogP contribution >= 0.6 is 0 Å². The maximum atomic E-state index is 13.0. The average molecular weight is 548 g/mol. The van der Waals surface area contributed by atoms with E-state index in [2.05, 4.69) is 43.1 Å². The number of carbonyl (C=O) groups is 2. The van der Waals surface area contributed by atoms with Crippen LogP contribution in [-0.2, 0) is 22.6 Å². The van der Waals surface area contributed by atoms with Gasteiger partial charge in [-0.3, -0.25) is 9.59 Å². The number of carbonyl (C=O) groups excluding carboxylic acids is 2. The lowest BCUT2D eigenvalue weighted by Gasteiger charge is -2.32. The Morgan fingerprint density at radius 1 is 1.20 bits per heavy atom. The first kappa shape index (κ1) is 31.5. The summed E-state index contributed by atoms with van der Waals surface area (Å²) in [5.41, 5.74) is 17.3. The van der Waals surface area contributed by atoms with Gasteiger partial charge in [0, 0.05) is 56.3 Å². The normalized spacial score (nSPS) is 18.6. The van der Waals surface area contributed by atoms with E-state index in [1.54, 1.807) is 0 Å². The van der Waals surface area contributed by atoms with Gasteiger partial charge in [-0.1, -0.05) is 57.4 Å². The Morgan fingerprint density at radius 3 is 2.45 bits per heavy atom. The first-order valence-corrected chi connectivity index (χ1v) is 15.1. The van der Waals surface area contributed by atoms with Crippen LogP contribution in [0.15, 0.2) is 52.8 Å². The van der Waals surface area contributed by atoms with Crippen LogP contribution in [0.2, 0.25) is 0 Å². The molecule has 6 heteroatoms. The predicted octanol–water partition coefficient (Wildman–Crippen LogP) is 6.72. The molecule has 1 aromatic rings. The average Bonchev–Trinajstić information content (AvgIpc) is 3.78. The molecule has 1 spiro atoms. The fourth-order valence-corrected chi connectivity index (χ4v) is 6.25. The van der Waals surface area contributed by atoms with Gasteiger partial charge in [0.1, 0.15) is 0 Å². The fraction of sp³-hybridized carbons (Fsp3) is 0.529. The van der Waals surface area contributed by atoms with E-state index < -0.39 is 0 Å². The van der Waals surface area contributed by atoms with Crippen molar-refractivity contribution in [3.05, 3.63) is 76.4 Å². The smallest absolute Gasteiger partial charge is 0.233 e. The van der Waals surface area contributed by atoms with E-state index in [1.165, 1.54) is 41.5 Å². The Hall–Kier alpha value is -2.99. The number of Topliss-reactive ketones (excluding diaryl/α,β-unsaturated/α-hetero) is 1. The van der Waals surface area contributed by atoms with E-state index in [-0.39, 0.29) is 18.5 Å². The van der Waals surface area contributed by atoms with Crippen LogP contribution in [0.3, 0.4) is 0 Å². The molecule has 1 aromatic carbocycles. The second kappa shape index (κ2) is 14.6. The zero-order valence-electron chi connectivity index (χ0n) is 25.4. The Bertz CT molecular complexity index is 1190. The van der Waals surface area contributed by atoms with Crippen molar-refractivity contribution in [1.29, 1.82) is 0 Å². The SMILES string of the molecule is C=CC/C(=N\NCC)c1ccc(CN)c(C)c1CC.CC/C(=C(/C)C(=O)C1=C[CH]1)N1CCC2(CCCCC2)C1=O.[HH]. The van der Waals surface area contributed by atoms with Gasteiger partial charge in [-0.15, -0.1) is 6.58 Å². The molecule has 1 aliphatic heterocycles.